The third-order valence-corrected chi connectivity index (χ3v) is 1.000. The van der Waals surface area contributed by atoms with Crippen LogP contribution in [0.15, 0.2) is 0 Å². The first-order valence-corrected chi connectivity index (χ1v) is 3.83. The highest BCUT2D eigenvalue weighted by Crippen LogP contribution is 1.77. The van der Waals surface area contributed by atoms with E-state index in [-0.39, 0.29) is 17.4 Å². The normalized spacial score (nSPS) is 6.67. The molecule has 0 spiro atoms. The van der Waals surface area contributed by atoms with Gasteiger partial charge in [-0.05, 0) is 0 Å². The van der Waals surface area contributed by atoms with Gasteiger partial charge >= 0.3 is 0 Å². The van der Waals surface area contributed by atoms with Crippen molar-refractivity contribution < 1.29 is 0 Å². The minimum atomic E-state index is 0. The fourth-order valence-corrected chi connectivity index (χ4v) is 0. The highest BCUT2D eigenvalue weighted by atomic mass is 27.0. The van der Waals surface area contributed by atoms with Crippen LogP contribution in [0.2, 0.25) is 0 Å². The molecule has 0 saturated carbocycles. The SMILES string of the molecule is CCCC.CCCC.[Al]. The molecule has 0 atom stereocenters. The summed E-state index contributed by atoms with van der Waals surface area (Å²) in [6.45, 7) is 8.72. The van der Waals surface area contributed by atoms with Crippen molar-refractivity contribution in [2.45, 2.75) is 53.4 Å². The van der Waals surface area contributed by atoms with E-state index in [0.29, 0.717) is 0 Å². The molecule has 0 aliphatic heterocycles. The van der Waals surface area contributed by atoms with Crippen molar-refractivity contribution in [1.82, 2.24) is 0 Å². The second-order valence-electron chi connectivity index (χ2n) is 2.00. The second-order valence-corrected chi connectivity index (χ2v) is 2.00. The summed E-state index contributed by atoms with van der Waals surface area (Å²) in [6, 6.07) is 0. The van der Waals surface area contributed by atoms with Gasteiger partial charge in [0.05, 0.1) is 0 Å². The lowest BCUT2D eigenvalue weighted by Gasteiger charge is -1.68. The van der Waals surface area contributed by atoms with Crippen molar-refractivity contribution in [2.24, 2.45) is 0 Å². The van der Waals surface area contributed by atoms with Gasteiger partial charge in [-0.3, -0.25) is 0 Å². The average molecular weight is 143 g/mol. The summed E-state index contributed by atoms with van der Waals surface area (Å²) in [4.78, 5) is 0. The van der Waals surface area contributed by atoms with Crippen molar-refractivity contribution in [2.75, 3.05) is 0 Å². The molecule has 0 N–H and O–H groups in total. The standard InChI is InChI=1S/2C4H10.Al/c2*1-3-4-2;/h2*3-4H2,1-2H3;. The molecule has 0 saturated heterocycles. The van der Waals surface area contributed by atoms with E-state index in [4.69, 9.17) is 0 Å². The largest absolute Gasteiger partial charge is 0.0654 e. The van der Waals surface area contributed by atoms with Crippen molar-refractivity contribution in [3.8, 4) is 0 Å². The first-order chi connectivity index (χ1) is 3.83. The zero-order valence-electron chi connectivity index (χ0n) is 7.41. The fourth-order valence-electron chi connectivity index (χ4n) is 0. The van der Waals surface area contributed by atoms with Crippen molar-refractivity contribution >= 4 is 17.4 Å². The Morgan fingerprint density at radius 2 is 0.667 bits per heavy atom. The summed E-state index contributed by atoms with van der Waals surface area (Å²) in [5.41, 5.74) is 0. The average Bonchev–Trinajstić information content (AvgIpc) is 1.88. The molecular formula is C8H20Al. The van der Waals surface area contributed by atoms with Gasteiger partial charge in [0.15, 0.2) is 0 Å². The van der Waals surface area contributed by atoms with E-state index in [0.717, 1.165) is 0 Å². The predicted octanol–water partition coefficient (Wildman–Crippen LogP) is 3.23. The van der Waals surface area contributed by atoms with Gasteiger partial charge in [0, 0.05) is 17.4 Å². The maximum atomic E-state index is 2.18. The first kappa shape index (κ1) is 16.3. The minimum Gasteiger partial charge on any atom is -0.0654 e. The summed E-state index contributed by atoms with van der Waals surface area (Å²) in [7, 11) is 0. The van der Waals surface area contributed by atoms with Crippen LogP contribution < -0.4 is 0 Å². The molecule has 55 valence electrons. The second kappa shape index (κ2) is 23.6. The van der Waals surface area contributed by atoms with Gasteiger partial charge in [-0.25, -0.2) is 0 Å². The summed E-state index contributed by atoms with van der Waals surface area (Å²) in [5.74, 6) is 0. The van der Waals surface area contributed by atoms with Gasteiger partial charge in [-0.1, -0.05) is 53.4 Å². The molecule has 0 fully saturated rings. The molecule has 0 rings (SSSR count). The smallest absolute Gasteiger partial charge is 0 e. The zero-order chi connectivity index (χ0) is 6.83. The molecule has 3 radical (unpaired) electrons. The van der Waals surface area contributed by atoms with Crippen LogP contribution in [0.5, 0.6) is 0 Å². The Morgan fingerprint density at radius 3 is 0.667 bits per heavy atom. The van der Waals surface area contributed by atoms with Crippen molar-refractivity contribution in [3.05, 3.63) is 0 Å². The molecule has 0 unspecified atom stereocenters. The van der Waals surface area contributed by atoms with Crippen LogP contribution >= 0.6 is 0 Å². The van der Waals surface area contributed by atoms with E-state index in [1.165, 1.54) is 25.7 Å². The lowest BCUT2D eigenvalue weighted by atomic mass is 10.4. The monoisotopic (exact) mass is 143 g/mol. The molecule has 1 heteroatoms. The van der Waals surface area contributed by atoms with Gasteiger partial charge in [0.2, 0.25) is 0 Å². The summed E-state index contributed by atoms with van der Waals surface area (Å²) >= 11 is 0. The van der Waals surface area contributed by atoms with E-state index in [1.54, 1.807) is 0 Å². The molecule has 0 aromatic rings. The van der Waals surface area contributed by atoms with Gasteiger partial charge in [0.25, 0.3) is 0 Å². The quantitative estimate of drug-likeness (QED) is 0.520. The predicted molar refractivity (Wildman–Crippen MR) is 46.9 cm³/mol. The topological polar surface area (TPSA) is 0 Å². The molecule has 0 aromatic carbocycles. The highest BCUT2D eigenvalue weighted by molar-refractivity contribution is 5.75. The number of hydrogen-bond donors (Lipinski definition) is 0. The van der Waals surface area contributed by atoms with Gasteiger partial charge in [0.1, 0.15) is 0 Å². The minimum absolute atomic E-state index is 0. The summed E-state index contributed by atoms with van der Waals surface area (Å²) < 4.78 is 0. The Bertz CT molecular complexity index is 12.5. The zero-order valence-corrected chi connectivity index (χ0v) is 8.56. The third-order valence-electron chi connectivity index (χ3n) is 1.000. The maximum absolute atomic E-state index is 2.18. The van der Waals surface area contributed by atoms with E-state index in [9.17, 15) is 0 Å². The Kier molecular flexibility index (Phi) is 42.6. The van der Waals surface area contributed by atoms with Crippen LogP contribution in [0, 0.1) is 0 Å². The lowest BCUT2D eigenvalue weighted by molar-refractivity contribution is 0.886. The molecule has 0 nitrogen and oxygen atoms in total. The molecule has 0 bridgehead atoms. The van der Waals surface area contributed by atoms with Crippen LogP contribution in [0.4, 0.5) is 0 Å². The van der Waals surface area contributed by atoms with Gasteiger partial charge < -0.3 is 0 Å². The van der Waals surface area contributed by atoms with E-state index in [1.807, 2.05) is 0 Å². The van der Waals surface area contributed by atoms with Crippen LogP contribution in [0.1, 0.15) is 53.4 Å². The molecule has 0 aliphatic rings. The number of rotatable bonds is 2. The van der Waals surface area contributed by atoms with Crippen LogP contribution in [0.25, 0.3) is 0 Å². The summed E-state index contributed by atoms with van der Waals surface area (Å²) in [5, 5.41) is 0. The Labute approximate surface area is 71.2 Å². The Hall–Kier alpha value is 0.532. The third kappa shape index (κ3) is 56.8. The van der Waals surface area contributed by atoms with Crippen LogP contribution in [-0.4, -0.2) is 17.4 Å². The van der Waals surface area contributed by atoms with E-state index < -0.39 is 0 Å². The molecule has 0 aliphatic carbocycles. The number of hydrogen-bond acceptors (Lipinski definition) is 0. The molecule has 0 amide bonds. The molecule has 9 heavy (non-hydrogen) atoms. The van der Waals surface area contributed by atoms with E-state index >= 15 is 0 Å². The molecular weight excluding hydrogens is 123 g/mol. The summed E-state index contributed by atoms with van der Waals surface area (Å²) in [6.07, 6.45) is 5.28. The first-order valence-electron chi connectivity index (χ1n) is 3.83. The number of unbranched alkanes of at least 4 members (excludes halogenated alkanes) is 2. The van der Waals surface area contributed by atoms with Crippen LogP contribution in [-0.2, 0) is 0 Å². The fraction of sp³-hybridized carbons (Fsp3) is 1.00. The highest BCUT2D eigenvalue weighted by Gasteiger charge is 1.56. The van der Waals surface area contributed by atoms with Gasteiger partial charge in [-0.2, -0.15) is 0 Å². The molecule has 0 aromatic heterocycles. The van der Waals surface area contributed by atoms with Crippen molar-refractivity contribution in [3.63, 3.8) is 0 Å². The lowest BCUT2D eigenvalue weighted by Crippen LogP contribution is -1.47. The Morgan fingerprint density at radius 1 is 0.556 bits per heavy atom. The van der Waals surface area contributed by atoms with Gasteiger partial charge in [-0.15, -0.1) is 0 Å². The molecule has 0 heterocycles. The van der Waals surface area contributed by atoms with Crippen LogP contribution in [0.3, 0.4) is 0 Å². The maximum Gasteiger partial charge on any atom is 0 e. The van der Waals surface area contributed by atoms with Crippen molar-refractivity contribution in [1.29, 1.82) is 0 Å². The Balaban J connectivity index is -0.0000000720. The van der Waals surface area contributed by atoms with E-state index in [2.05, 4.69) is 27.7 Å².